The number of non-ortho nitro benzene ring substituents is 1. The molecular weight excluding hydrogens is 336 g/mol. The smallest absolute Gasteiger partial charge is 0.270 e. The summed E-state index contributed by atoms with van der Waals surface area (Å²) in [4.78, 5) is 33.9. The van der Waals surface area contributed by atoms with Gasteiger partial charge in [-0.05, 0) is 25.1 Å². The predicted molar refractivity (Wildman–Crippen MR) is 97.3 cm³/mol. The zero-order valence-corrected chi connectivity index (χ0v) is 14.1. The van der Waals surface area contributed by atoms with Crippen molar-refractivity contribution in [3.05, 3.63) is 82.0 Å². The minimum atomic E-state index is -0.654. The van der Waals surface area contributed by atoms with Crippen molar-refractivity contribution >= 4 is 23.2 Å². The molecule has 0 aliphatic heterocycles. The van der Waals surface area contributed by atoms with Gasteiger partial charge < -0.3 is 5.32 Å². The van der Waals surface area contributed by atoms with Crippen molar-refractivity contribution in [2.75, 3.05) is 5.32 Å². The van der Waals surface area contributed by atoms with Crippen LogP contribution in [0.3, 0.4) is 0 Å². The molecule has 0 bridgehead atoms. The molecule has 0 spiro atoms. The average Bonchev–Trinajstić information content (AvgIpc) is 2.61. The summed E-state index contributed by atoms with van der Waals surface area (Å²) in [6.45, 7) is 5.74. The lowest BCUT2D eigenvalue weighted by molar-refractivity contribution is -0.384. The van der Waals surface area contributed by atoms with Crippen LogP contribution in [0.15, 0.2) is 60.8 Å². The van der Waals surface area contributed by atoms with E-state index >= 15 is 0 Å². The first-order valence-corrected chi connectivity index (χ1v) is 7.70. The molecule has 0 atom stereocenters. The van der Waals surface area contributed by atoms with Gasteiger partial charge in [0.1, 0.15) is 0 Å². The van der Waals surface area contributed by atoms with Gasteiger partial charge in [0, 0.05) is 29.1 Å². The van der Waals surface area contributed by atoms with Crippen LogP contribution in [0.25, 0.3) is 0 Å². The highest BCUT2D eigenvalue weighted by Gasteiger charge is 2.12. The van der Waals surface area contributed by atoms with Gasteiger partial charge >= 0.3 is 0 Å². The molecule has 2 amide bonds. The van der Waals surface area contributed by atoms with Crippen molar-refractivity contribution in [1.82, 2.24) is 10.9 Å². The monoisotopic (exact) mass is 354 g/mol. The summed E-state index contributed by atoms with van der Waals surface area (Å²) in [5, 5.41) is 13.7. The van der Waals surface area contributed by atoms with E-state index in [-0.39, 0.29) is 17.7 Å². The van der Waals surface area contributed by atoms with Gasteiger partial charge in [-0.15, -0.1) is 0 Å². The molecule has 2 aromatic rings. The van der Waals surface area contributed by atoms with Crippen LogP contribution in [-0.4, -0.2) is 16.7 Å². The van der Waals surface area contributed by atoms with E-state index < -0.39 is 16.7 Å². The maximum atomic E-state index is 11.9. The first kappa shape index (κ1) is 18.7. The van der Waals surface area contributed by atoms with Gasteiger partial charge in [0.15, 0.2) is 0 Å². The van der Waals surface area contributed by atoms with E-state index in [1.807, 2.05) is 31.2 Å². The Balaban J connectivity index is 1.83. The summed E-state index contributed by atoms with van der Waals surface area (Å²) in [5.41, 5.74) is 6.68. The molecule has 0 saturated carbocycles. The summed E-state index contributed by atoms with van der Waals surface area (Å²) in [6, 6.07) is 12.8. The quantitative estimate of drug-likeness (QED) is 0.545. The van der Waals surface area contributed by atoms with Crippen molar-refractivity contribution in [3.8, 4) is 0 Å². The zero-order valence-electron chi connectivity index (χ0n) is 14.1. The topological polar surface area (TPSA) is 113 Å². The third-order valence-electron chi connectivity index (χ3n) is 3.38. The second kappa shape index (κ2) is 8.43. The van der Waals surface area contributed by atoms with E-state index in [1.54, 1.807) is 0 Å². The number of carbonyl (C=O) groups excluding carboxylic acids is 2. The predicted octanol–water partition coefficient (Wildman–Crippen LogP) is 2.68. The highest BCUT2D eigenvalue weighted by Crippen LogP contribution is 2.13. The number of amides is 2. The third-order valence-corrected chi connectivity index (χ3v) is 3.38. The van der Waals surface area contributed by atoms with Crippen molar-refractivity contribution in [1.29, 1.82) is 0 Å². The summed E-state index contributed by atoms with van der Waals surface area (Å²) >= 11 is 0. The largest absolute Gasteiger partial charge is 0.359 e. The van der Waals surface area contributed by atoms with Crippen molar-refractivity contribution in [2.24, 2.45) is 0 Å². The van der Waals surface area contributed by atoms with E-state index in [1.165, 1.54) is 18.2 Å². The number of nitrogens with zero attached hydrogens (tertiary/aromatic N) is 1. The Morgan fingerprint density at radius 1 is 1.12 bits per heavy atom. The van der Waals surface area contributed by atoms with Gasteiger partial charge in [-0.25, -0.2) is 0 Å². The van der Waals surface area contributed by atoms with Gasteiger partial charge in [-0.2, -0.15) is 0 Å². The summed E-state index contributed by atoms with van der Waals surface area (Å²) in [6.07, 6.45) is -0.0525. The van der Waals surface area contributed by atoms with Crippen LogP contribution in [0.5, 0.6) is 0 Å². The molecule has 0 saturated heterocycles. The molecule has 2 rings (SSSR count). The normalized spacial score (nSPS) is 9.88. The molecule has 0 unspecified atom stereocenters. The number of nitrogens with one attached hydrogen (secondary N) is 3. The van der Waals surface area contributed by atoms with Crippen LogP contribution in [0.1, 0.15) is 22.3 Å². The first-order chi connectivity index (χ1) is 12.3. The van der Waals surface area contributed by atoms with Crippen LogP contribution >= 0.6 is 0 Å². The molecule has 8 heteroatoms. The van der Waals surface area contributed by atoms with Crippen LogP contribution in [-0.2, 0) is 4.79 Å². The second-order valence-corrected chi connectivity index (χ2v) is 5.58. The molecule has 26 heavy (non-hydrogen) atoms. The Morgan fingerprint density at radius 3 is 2.46 bits per heavy atom. The number of hydrogen-bond donors (Lipinski definition) is 3. The molecule has 8 nitrogen and oxygen atoms in total. The van der Waals surface area contributed by atoms with Gasteiger partial charge in [0.2, 0.25) is 5.91 Å². The molecule has 0 heterocycles. The number of nitro groups is 1. The number of nitro benzene ring substituents is 1. The molecule has 3 N–H and O–H groups in total. The van der Waals surface area contributed by atoms with Gasteiger partial charge in [0.25, 0.3) is 11.6 Å². The Hall–Kier alpha value is -3.68. The van der Waals surface area contributed by atoms with Crippen LogP contribution < -0.4 is 16.2 Å². The molecule has 0 radical (unpaired) electrons. The number of hydrogen-bond acceptors (Lipinski definition) is 5. The van der Waals surface area contributed by atoms with Crippen LogP contribution in [0.2, 0.25) is 0 Å². The fourth-order valence-corrected chi connectivity index (χ4v) is 2.08. The van der Waals surface area contributed by atoms with Gasteiger partial charge in [-0.1, -0.05) is 30.3 Å². The summed E-state index contributed by atoms with van der Waals surface area (Å²) < 4.78 is 0. The number of anilines is 1. The maximum absolute atomic E-state index is 11.9. The van der Waals surface area contributed by atoms with Crippen LogP contribution in [0.4, 0.5) is 11.4 Å². The van der Waals surface area contributed by atoms with Gasteiger partial charge in [0.05, 0.1) is 11.3 Å². The van der Waals surface area contributed by atoms with Crippen molar-refractivity contribution in [3.63, 3.8) is 0 Å². The zero-order chi connectivity index (χ0) is 19.1. The van der Waals surface area contributed by atoms with E-state index in [4.69, 9.17) is 0 Å². The van der Waals surface area contributed by atoms with E-state index in [9.17, 15) is 19.7 Å². The third kappa shape index (κ3) is 5.45. The van der Waals surface area contributed by atoms with E-state index in [0.29, 0.717) is 5.70 Å². The fraction of sp³-hybridized carbons (Fsp3) is 0.111. The molecule has 0 aliphatic carbocycles. The summed E-state index contributed by atoms with van der Waals surface area (Å²) in [7, 11) is 0. The Kier molecular flexibility index (Phi) is 6.05. The average molecular weight is 354 g/mol. The van der Waals surface area contributed by atoms with Crippen LogP contribution in [0, 0.1) is 17.0 Å². The SMILES string of the molecule is C=C(CC(=O)NNC(=O)c1cccc([N+](=O)[O-])c1)Nc1ccc(C)cc1. The maximum Gasteiger partial charge on any atom is 0.270 e. The molecule has 0 aromatic heterocycles. The van der Waals surface area contributed by atoms with Gasteiger partial charge in [-0.3, -0.25) is 30.6 Å². The second-order valence-electron chi connectivity index (χ2n) is 5.58. The molecule has 0 fully saturated rings. The first-order valence-electron chi connectivity index (χ1n) is 7.70. The lowest BCUT2D eigenvalue weighted by Crippen LogP contribution is -2.41. The Labute approximate surface area is 150 Å². The minimum absolute atomic E-state index is 0.0525. The molecule has 134 valence electrons. The lowest BCUT2D eigenvalue weighted by atomic mass is 10.2. The number of carbonyl (C=O) groups is 2. The molecule has 0 aliphatic rings. The number of aryl methyl sites for hydroxylation is 1. The Bertz CT molecular complexity index is 847. The number of rotatable bonds is 6. The Morgan fingerprint density at radius 2 is 1.81 bits per heavy atom. The minimum Gasteiger partial charge on any atom is -0.359 e. The highest BCUT2D eigenvalue weighted by molar-refractivity contribution is 5.96. The van der Waals surface area contributed by atoms with Crippen molar-refractivity contribution in [2.45, 2.75) is 13.3 Å². The summed E-state index contributed by atoms with van der Waals surface area (Å²) in [5.74, 6) is -1.13. The lowest BCUT2D eigenvalue weighted by Gasteiger charge is -2.11. The number of hydrazine groups is 1. The standard InChI is InChI=1S/C18H18N4O4/c1-12-6-8-15(9-7-12)19-13(2)10-17(23)20-21-18(24)14-4-3-5-16(11-14)22(25)26/h3-9,11,19H,2,10H2,1H3,(H,20,23)(H,21,24). The number of benzene rings is 2. The molecule has 2 aromatic carbocycles. The molecular formula is C18H18N4O4. The van der Waals surface area contributed by atoms with E-state index in [2.05, 4.69) is 22.7 Å². The fourth-order valence-electron chi connectivity index (χ4n) is 2.08. The van der Waals surface area contributed by atoms with Crippen molar-refractivity contribution < 1.29 is 14.5 Å². The highest BCUT2D eigenvalue weighted by atomic mass is 16.6. The van der Waals surface area contributed by atoms with E-state index in [0.717, 1.165) is 17.3 Å².